The van der Waals surface area contributed by atoms with Gasteiger partial charge in [-0.2, -0.15) is 0 Å². The van der Waals surface area contributed by atoms with Gasteiger partial charge in [0.15, 0.2) is 11.5 Å². The minimum atomic E-state index is 0.554. The largest absolute Gasteiger partial charge is 0.490 e. The minimum Gasteiger partial charge on any atom is -0.490 e. The fourth-order valence-corrected chi connectivity index (χ4v) is 1.76. The lowest BCUT2D eigenvalue weighted by molar-refractivity contribution is 0.301. The summed E-state index contributed by atoms with van der Waals surface area (Å²) in [6.45, 7) is 3.36. The summed E-state index contributed by atoms with van der Waals surface area (Å²) in [7, 11) is 0. The van der Waals surface area contributed by atoms with E-state index in [0.717, 1.165) is 24.2 Å². The van der Waals surface area contributed by atoms with E-state index in [1.807, 2.05) is 36.4 Å². The second-order valence-electron chi connectivity index (χ2n) is 4.44. The molecule has 0 aliphatic heterocycles. The van der Waals surface area contributed by atoms with Crippen molar-refractivity contribution in [3.63, 3.8) is 0 Å². The topological polar surface area (TPSA) is 57.4 Å². The molecule has 0 saturated carbocycles. The van der Waals surface area contributed by atoms with Crippen molar-refractivity contribution >= 4 is 0 Å². The van der Waals surface area contributed by atoms with E-state index in [4.69, 9.17) is 15.2 Å². The van der Waals surface area contributed by atoms with Crippen molar-refractivity contribution < 1.29 is 9.47 Å². The molecule has 0 amide bonds. The number of rotatable bonds is 7. The third-order valence-corrected chi connectivity index (χ3v) is 2.76. The molecule has 0 spiro atoms. The van der Waals surface area contributed by atoms with E-state index in [1.165, 1.54) is 0 Å². The first-order valence-electron chi connectivity index (χ1n) is 6.88. The molecule has 20 heavy (non-hydrogen) atoms. The molecule has 0 radical (unpaired) electrons. The highest BCUT2D eigenvalue weighted by atomic mass is 16.5. The number of hydrogen-bond acceptors (Lipinski definition) is 4. The molecule has 1 heterocycles. The number of hydrogen-bond donors (Lipinski definition) is 1. The maximum absolute atomic E-state index is 5.77. The van der Waals surface area contributed by atoms with E-state index in [-0.39, 0.29) is 0 Å². The molecular weight excluding hydrogens is 252 g/mol. The van der Waals surface area contributed by atoms with Crippen molar-refractivity contribution in [3.8, 4) is 17.4 Å². The quantitative estimate of drug-likeness (QED) is 0.841. The number of aromatic nitrogens is 1. The van der Waals surface area contributed by atoms with E-state index in [1.54, 1.807) is 6.20 Å². The van der Waals surface area contributed by atoms with Gasteiger partial charge in [0, 0.05) is 12.3 Å². The van der Waals surface area contributed by atoms with Crippen LogP contribution in [0, 0.1) is 0 Å². The smallest absolute Gasteiger partial charge is 0.219 e. The van der Waals surface area contributed by atoms with Crippen LogP contribution in [0.15, 0.2) is 42.6 Å². The Morgan fingerprint density at radius 1 is 1.10 bits per heavy atom. The van der Waals surface area contributed by atoms with Crippen molar-refractivity contribution in [3.05, 3.63) is 48.2 Å². The predicted octanol–water partition coefficient (Wildman–Crippen LogP) is 3.16. The SMILES string of the molecule is CCCOc1ccccc1Oc1ccc(CCN)cn1. The summed E-state index contributed by atoms with van der Waals surface area (Å²) in [5.74, 6) is 1.97. The highest BCUT2D eigenvalue weighted by Crippen LogP contribution is 2.30. The van der Waals surface area contributed by atoms with Crippen molar-refractivity contribution in [2.75, 3.05) is 13.2 Å². The molecule has 0 fully saturated rings. The molecule has 106 valence electrons. The van der Waals surface area contributed by atoms with Gasteiger partial charge in [-0.05, 0) is 37.1 Å². The highest BCUT2D eigenvalue weighted by Gasteiger charge is 2.06. The summed E-state index contributed by atoms with van der Waals surface area (Å²) in [6.07, 6.45) is 3.57. The Hall–Kier alpha value is -2.07. The first-order chi connectivity index (χ1) is 9.83. The molecule has 0 saturated heterocycles. The van der Waals surface area contributed by atoms with Crippen LogP contribution in [0.1, 0.15) is 18.9 Å². The summed E-state index contributed by atoms with van der Waals surface area (Å²) in [6, 6.07) is 11.4. The van der Waals surface area contributed by atoms with Crippen molar-refractivity contribution in [1.29, 1.82) is 0 Å². The van der Waals surface area contributed by atoms with Crippen molar-refractivity contribution in [1.82, 2.24) is 4.98 Å². The number of benzene rings is 1. The molecule has 1 aromatic heterocycles. The zero-order valence-corrected chi connectivity index (χ0v) is 11.7. The lowest BCUT2D eigenvalue weighted by Crippen LogP contribution is -2.03. The highest BCUT2D eigenvalue weighted by molar-refractivity contribution is 5.41. The van der Waals surface area contributed by atoms with Gasteiger partial charge in [0.1, 0.15) is 0 Å². The van der Waals surface area contributed by atoms with Crippen LogP contribution in [-0.2, 0) is 6.42 Å². The van der Waals surface area contributed by atoms with Crippen LogP contribution in [0.3, 0.4) is 0 Å². The van der Waals surface area contributed by atoms with Gasteiger partial charge in [0.25, 0.3) is 0 Å². The Kier molecular flexibility index (Phi) is 5.38. The predicted molar refractivity (Wildman–Crippen MR) is 79.3 cm³/mol. The normalized spacial score (nSPS) is 10.3. The van der Waals surface area contributed by atoms with Gasteiger partial charge >= 0.3 is 0 Å². The van der Waals surface area contributed by atoms with E-state index < -0.39 is 0 Å². The lowest BCUT2D eigenvalue weighted by atomic mass is 10.2. The third-order valence-electron chi connectivity index (χ3n) is 2.76. The molecule has 0 aliphatic carbocycles. The van der Waals surface area contributed by atoms with Crippen molar-refractivity contribution in [2.24, 2.45) is 5.73 Å². The van der Waals surface area contributed by atoms with E-state index in [9.17, 15) is 0 Å². The average molecular weight is 272 g/mol. The van der Waals surface area contributed by atoms with Gasteiger partial charge in [-0.25, -0.2) is 4.98 Å². The summed E-state index contributed by atoms with van der Waals surface area (Å²) in [5.41, 5.74) is 6.62. The first kappa shape index (κ1) is 14.3. The second-order valence-corrected chi connectivity index (χ2v) is 4.44. The third kappa shape index (κ3) is 3.96. The molecule has 0 atom stereocenters. The maximum Gasteiger partial charge on any atom is 0.219 e. The Morgan fingerprint density at radius 2 is 1.90 bits per heavy atom. The maximum atomic E-state index is 5.77. The molecule has 4 heteroatoms. The van der Waals surface area contributed by atoms with Crippen LogP contribution in [0.2, 0.25) is 0 Å². The summed E-state index contributed by atoms with van der Waals surface area (Å²) in [4.78, 5) is 4.28. The van der Waals surface area contributed by atoms with E-state index in [2.05, 4.69) is 11.9 Å². The fraction of sp³-hybridized carbons (Fsp3) is 0.312. The average Bonchev–Trinajstić information content (AvgIpc) is 2.49. The Bertz CT molecular complexity index is 526. The minimum absolute atomic E-state index is 0.554. The van der Waals surface area contributed by atoms with Gasteiger partial charge in [0.05, 0.1) is 6.61 Å². The number of nitrogens with two attached hydrogens (primary N) is 1. The zero-order chi connectivity index (χ0) is 14.2. The van der Waals surface area contributed by atoms with Crippen LogP contribution >= 0.6 is 0 Å². The molecule has 1 aromatic carbocycles. The van der Waals surface area contributed by atoms with Crippen molar-refractivity contribution in [2.45, 2.75) is 19.8 Å². The molecular formula is C16H20N2O2. The summed E-state index contributed by atoms with van der Waals surface area (Å²) >= 11 is 0. The Morgan fingerprint density at radius 3 is 2.55 bits per heavy atom. The zero-order valence-electron chi connectivity index (χ0n) is 11.7. The molecule has 0 unspecified atom stereocenters. The number of pyridine rings is 1. The monoisotopic (exact) mass is 272 g/mol. The Balaban J connectivity index is 2.08. The van der Waals surface area contributed by atoms with Crippen LogP contribution in [0.25, 0.3) is 0 Å². The van der Waals surface area contributed by atoms with Gasteiger partial charge < -0.3 is 15.2 Å². The lowest BCUT2D eigenvalue weighted by Gasteiger charge is -2.11. The summed E-state index contributed by atoms with van der Waals surface area (Å²) in [5, 5.41) is 0. The van der Waals surface area contributed by atoms with Crippen LogP contribution in [-0.4, -0.2) is 18.1 Å². The van der Waals surface area contributed by atoms with Gasteiger partial charge in [-0.1, -0.05) is 25.1 Å². The van der Waals surface area contributed by atoms with E-state index in [0.29, 0.717) is 24.8 Å². The standard InChI is InChI=1S/C16H20N2O2/c1-2-11-19-14-5-3-4-6-15(14)20-16-8-7-13(9-10-17)12-18-16/h3-8,12H,2,9-11,17H2,1H3. The van der Waals surface area contributed by atoms with Crippen LogP contribution < -0.4 is 15.2 Å². The molecule has 2 N–H and O–H groups in total. The fourth-order valence-electron chi connectivity index (χ4n) is 1.76. The van der Waals surface area contributed by atoms with Gasteiger partial charge in [-0.15, -0.1) is 0 Å². The summed E-state index contributed by atoms with van der Waals surface area (Å²) < 4.78 is 11.4. The first-order valence-corrected chi connectivity index (χ1v) is 6.88. The molecule has 0 bridgehead atoms. The molecule has 0 aliphatic rings. The van der Waals surface area contributed by atoms with Crippen LogP contribution in [0.5, 0.6) is 17.4 Å². The Labute approximate surface area is 119 Å². The number of ether oxygens (including phenoxy) is 2. The molecule has 2 aromatic rings. The number of nitrogens with zero attached hydrogens (tertiary/aromatic N) is 1. The number of para-hydroxylation sites is 2. The van der Waals surface area contributed by atoms with Crippen LogP contribution in [0.4, 0.5) is 0 Å². The van der Waals surface area contributed by atoms with Gasteiger partial charge in [-0.3, -0.25) is 0 Å². The second kappa shape index (κ2) is 7.50. The van der Waals surface area contributed by atoms with E-state index >= 15 is 0 Å². The molecule has 2 rings (SSSR count). The molecule has 4 nitrogen and oxygen atoms in total. The van der Waals surface area contributed by atoms with Gasteiger partial charge in [0.2, 0.25) is 5.88 Å².